The molecule has 3 aromatic rings. The van der Waals surface area contributed by atoms with Crippen LogP contribution in [0, 0.1) is 0 Å². The number of rotatable bonds is 4. The average Bonchev–Trinajstić information content (AvgIpc) is 2.83. The van der Waals surface area contributed by atoms with Crippen molar-refractivity contribution in [1.82, 2.24) is 14.9 Å². The fraction of sp³-hybridized carbons (Fsp3) is 0.259. The largest absolute Gasteiger partial charge is 0.444 e. The number of ether oxygens (including phenoxy) is 1. The van der Waals surface area contributed by atoms with Crippen molar-refractivity contribution < 1.29 is 9.53 Å². The van der Waals surface area contributed by atoms with Gasteiger partial charge in [-0.05, 0) is 32.8 Å². The van der Waals surface area contributed by atoms with Crippen LogP contribution in [-0.4, -0.2) is 45.4 Å². The van der Waals surface area contributed by atoms with Crippen LogP contribution in [0.25, 0.3) is 5.57 Å². The molecule has 0 radical (unpaired) electrons. The molecule has 0 N–H and O–H groups in total. The first-order valence-electron chi connectivity index (χ1n) is 11.1. The lowest BCUT2D eigenvalue weighted by atomic mass is 10.0. The van der Waals surface area contributed by atoms with Crippen LogP contribution in [0.5, 0.6) is 0 Å². The number of amides is 1. The Labute approximate surface area is 194 Å². The average molecular weight is 441 g/mol. The smallest absolute Gasteiger partial charge is 0.410 e. The van der Waals surface area contributed by atoms with Crippen LogP contribution >= 0.6 is 0 Å². The molecule has 168 valence electrons. The zero-order valence-corrected chi connectivity index (χ0v) is 19.2. The van der Waals surface area contributed by atoms with Crippen molar-refractivity contribution in [3.05, 3.63) is 96.0 Å². The maximum Gasteiger partial charge on any atom is 0.410 e. The summed E-state index contributed by atoms with van der Waals surface area (Å²) >= 11 is 0. The zero-order chi connectivity index (χ0) is 23.3. The van der Waals surface area contributed by atoms with E-state index < -0.39 is 5.60 Å². The number of aromatic nitrogens is 2. The molecule has 0 aliphatic carbocycles. The number of benzene rings is 2. The Morgan fingerprint density at radius 3 is 2.06 bits per heavy atom. The summed E-state index contributed by atoms with van der Waals surface area (Å²) in [6.07, 6.45) is 5.88. The zero-order valence-electron chi connectivity index (χ0n) is 19.2. The highest BCUT2D eigenvalue weighted by Gasteiger charge is 2.24. The Morgan fingerprint density at radius 1 is 0.939 bits per heavy atom. The second kappa shape index (κ2) is 9.77. The number of hydrogen-bond donors (Lipinski definition) is 0. The molecule has 1 aliphatic rings. The predicted octanol–water partition coefficient (Wildman–Crippen LogP) is 5.67. The maximum atomic E-state index is 12.3. The van der Waals surface area contributed by atoms with E-state index in [1.54, 1.807) is 17.3 Å². The van der Waals surface area contributed by atoms with Gasteiger partial charge in [0.05, 0.1) is 23.8 Å². The van der Waals surface area contributed by atoms with Gasteiger partial charge in [-0.2, -0.15) is 0 Å². The third kappa shape index (κ3) is 5.92. The fourth-order valence-electron chi connectivity index (χ4n) is 3.54. The molecule has 2 aromatic carbocycles. The topological polar surface area (TPSA) is 67.7 Å². The second-order valence-electron chi connectivity index (χ2n) is 8.86. The van der Waals surface area contributed by atoms with Gasteiger partial charge in [0.2, 0.25) is 0 Å². The van der Waals surface area contributed by atoms with Crippen LogP contribution in [0.1, 0.15) is 44.0 Å². The summed E-state index contributed by atoms with van der Waals surface area (Å²) < 4.78 is 5.46. The highest BCUT2D eigenvalue weighted by Crippen LogP contribution is 2.23. The standard InChI is InChI=1S/C27H28N4O2/c1-27(2,3)33-26(32)31-16-14-20(15-17-31)23-18-29-24(19-28-23)30-25(21-10-6-4-7-11-21)22-12-8-5-9-13-22/h4-14,18-19H,15-17H2,1-3H3. The molecule has 0 spiro atoms. The van der Waals surface area contributed by atoms with Crippen LogP contribution in [0.3, 0.4) is 0 Å². The van der Waals surface area contributed by atoms with Crippen molar-refractivity contribution in [2.45, 2.75) is 32.8 Å². The minimum Gasteiger partial charge on any atom is -0.444 e. The first-order valence-corrected chi connectivity index (χ1v) is 11.1. The predicted molar refractivity (Wildman–Crippen MR) is 131 cm³/mol. The van der Waals surface area contributed by atoms with Gasteiger partial charge in [0, 0.05) is 24.2 Å². The second-order valence-corrected chi connectivity index (χ2v) is 8.86. The van der Waals surface area contributed by atoms with Gasteiger partial charge in [-0.1, -0.05) is 66.7 Å². The summed E-state index contributed by atoms with van der Waals surface area (Å²) in [5.74, 6) is 0.549. The Balaban J connectivity index is 1.52. The van der Waals surface area contributed by atoms with Crippen molar-refractivity contribution in [2.75, 3.05) is 13.1 Å². The molecule has 4 rings (SSSR count). The lowest BCUT2D eigenvalue weighted by molar-refractivity contribution is 0.0270. The number of nitrogens with zero attached hydrogens (tertiary/aromatic N) is 4. The molecular weight excluding hydrogens is 412 g/mol. The van der Waals surface area contributed by atoms with Gasteiger partial charge in [-0.15, -0.1) is 0 Å². The molecule has 0 unspecified atom stereocenters. The summed E-state index contributed by atoms with van der Waals surface area (Å²) in [7, 11) is 0. The SMILES string of the molecule is CC(C)(C)OC(=O)N1CC=C(c2cnc(N=C(c3ccccc3)c3ccccc3)cn2)CC1. The minimum absolute atomic E-state index is 0.289. The Hall–Kier alpha value is -3.80. The lowest BCUT2D eigenvalue weighted by Crippen LogP contribution is -2.39. The number of carbonyl (C=O) groups is 1. The van der Waals surface area contributed by atoms with E-state index in [1.165, 1.54) is 0 Å². The van der Waals surface area contributed by atoms with Crippen molar-refractivity contribution >= 4 is 23.2 Å². The molecule has 0 fully saturated rings. The molecule has 2 heterocycles. The molecule has 1 aliphatic heterocycles. The fourth-order valence-corrected chi connectivity index (χ4v) is 3.54. The lowest BCUT2D eigenvalue weighted by Gasteiger charge is -2.29. The molecule has 0 saturated heterocycles. The van der Waals surface area contributed by atoms with E-state index >= 15 is 0 Å². The molecule has 33 heavy (non-hydrogen) atoms. The van der Waals surface area contributed by atoms with E-state index in [0.717, 1.165) is 28.1 Å². The monoisotopic (exact) mass is 440 g/mol. The van der Waals surface area contributed by atoms with E-state index in [4.69, 9.17) is 9.73 Å². The number of aliphatic imine (C=N–C) groups is 1. The van der Waals surface area contributed by atoms with Crippen LogP contribution in [0.4, 0.5) is 10.6 Å². The van der Waals surface area contributed by atoms with Gasteiger partial charge >= 0.3 is 6.09 Å². The van der Waals surface area contributed by atoms with Gasteiger partial charge in [0.15, 0.2) is 5.82 Å². The Bertz CT molecular complexity index is 1110. The van der Waals surface area contributed by atoms with Gasteiger partial charge in [-0.25, -0.2) is 14.8 Å². The highest BCUT2D eigenvalue weighted by atomic mass is 16.6. The molecule has 1 amide bonds. The first-order chi connectivity index (χ1) is 15.9. The van der Waals surface area contributed by atoms with E-state index in [0.29, 0.717) is 25.3 Å². The van der Waals surface area contributed by atoms with E-state index in [2.05, 4.69) is 9.97 Å². The number of carbonyl (C=O) groups excluding carboxylic acids is 1. The molecule has 6 heteroatoms. The van der Waals surface area contributed by atoms with Crippen LogP contribution in [-0.2, 0) is 4.74 Å². The first kappa shape index (κ1) is 22.4. The molecule has 0 atom stereocenters. The summed E-state index contributed by atoms with van der Waals surface area (Å²) in [6, 6.07) is 20.1. The van der Waals surface area contributed by atoms with Crippen LogP contribution in [0.15, 0.2) is 84.1 Å². The molecule has 6 nitrogen and oxygen atoms in total. The summed E-state index contributed by atoms with van der Waals surface area (Å²) in [4.78, 5) is 27.9. The van der Waals surface area contributed by atoms with Crippen molar-refractivity contribution in [1.29, 1.82) is 0 Å². The van der Waals surface area contributed by atoms with Gasteiger partial charge in [-0.3, -0.25) is 4.98 Å². The highest BCUT2D eigenvalue weighted by molar-refractivity contribution is 6.13. The van der Waals surface area contributed by atoms with Crippen molar-refractivity contribution in [3.8, 4) is 0 Å². The quantitative estimate of drug-likeness (QED) is 0.490. The van der Waals surface area contributed by atoms with E-state index in [9.17, 15) is 4.79 Å². The van der Waals surface area contributed by atoms with Crippen molar-refractivity contribution in [2.24, 2.45) is 4.99 Å². The van der Waals surface area contributed by atoms with Crippen LogP contribution < -0.4 is 0 Å². The molecule has 1 aromatic heterocycles. The van der Waals surface area contributed by atoms with Gasteiger partial charge < -0.3 is 9.64 Å². The number of hydrogen-bond acceptors (Lipinski definition) is 5. The summed E-state index contributed by atoms with van der Waals surface area (Å²) in [5, 5.41) is 0. The van der Waals surface area contributed by atoms with Gasteiger partial charge in [0.1, 0.15) is 5.60 Å². The molecule has 0 saturated carbocycles. The summed E-state index contributed by atoms with van der Waals surface area (Å²) in [5.41, 5.74) is 4.27. The Kier molecular flexibility index (Phi) is 6.63. The van der Waals surface area contributed by atoms with E-state index in [1.807, 2.05) is 87.5 Å². The minimum atomic E-state index is -0.499. The third-order valence-electron chi connectivity index (χ3n) is 5.15. The van der Waals surface area contributed by atoms with Gasteiger partial charge in [0.25, 0.3) is 0 Å². The normalized spacial score (nSPS) is 13.8. The summed E-state index contributed by atoms with van der Waals surface area (Å²) in [6.45, 7) is 6.71. The van der Waals surface area contributed by atoms with Crippen molar-refractivity contribution in [3.63, 3.8) is 0 Å². The third-order valence-corrected chi connectivity index (χ3v) is 5.15. The molecule has 0 bridgehead atoms. The maximum absolute atomic E-state index is 12.3. The Morgan fingerprint density at radius 2 is 1.58 bits per heavy atom. The van der Waals surface area contributed by atoms with Crippen LogP contribution in [0.2, 0.25) is 0 Å². The van der Waals surface area contributed by atoms with E-state index in [-0.39, 0.29) is 6.09 Å². The molecular formula is C27H28N4O2.